The maximum absolute atomic E-state index is 13.8. The van der Waals surface area contributed by atoms with Gasteiger partial charge in [0.25, 0.3) is 11.1 Å². The number of aromatic amines is 2. The van der Waals surface area contributed by atoms with Crippen molar-refractivity contribution in [3.8, 4) is 0 Å². The zero-order chi connectivity index (χ0) is 55.6. The number of aromatic nitrogens is 4. The molecule has 0 aliphatic carbocycles. The Morgan fingerprint density at radius 3 is 1.14 bits per heavy atom. The van der Waals surface area contributed by atoms with Crippen molar-refractivity contribution in [3.05, 3.63) is 257 Å². The minimum absolute atomic E-state index is 0.0413. The first kappa shape index (κ1) is 61.3. The van der Waals surface area contributed by atoms with Crippen molar-refractivity contribution in [3.63, 3.8) is 0 Å². The number of rotatable bonds is 22. The molecule has 1 atom stereocenters. The van der Waals surface area contributed by atoms with E-state index >= 15 is 0 Å². The van der Waals surface area contributed by atoms with Gasteiger partial charge in [-0.2, -0.15) is 0 Å². The molecule has 0 radical (unpaired) electrons. The zero-order valence-corrected chi connectivity index (χ0v) is 47.5. The fraction of sp³-hybridized carbons (Fsp3) is 0.241. The Labute approximate surface area is 456 Å². The van der Waals surface area contributed by atoms with Gasteiger partial charge in [-0.1, -0.05) is 197 Å². The van der Waals surface area contributed by atoms with Crippen molar-refractivity contribution < 1.29 is 31.4 Å². The molecule has 0 bridgehead atoms. The van der Waals surface area contributed by atoms with Crippen LogP contribution in [0, 0.1) is 13.8 Å². The van der Waals surface area contributed by atoms with Crippen LogP contribution in [0.5, 0.6) is 0 Å². The molecule has 2 heterocycles. The van der Waals surface area contributed by atoms with E-state index < -0.39 is 48.5 Å². The summed E-state index contributed by atoms with van der Waals surface area (Å²) in [5, 5.41) is 0.547. The minimum atomic E-state index is -3.74. The van der Waals surface area contributed by atoms with E-state index in [1.54, 1.807) is 37.3 Å². The summed E-state index contributed by atoms with van der Waals surface area (Å²) in [7, 11) is -9.18. The molecule has 0 aliphatic rings. The highest BCUT2D eigenvalue weighted by Crippen LogP contribution is 2.51. The van der Waals surface area contributed by atoms with E-state index in [1.165, 1.54) is 27.8 Å². The molecule has 406 valence electrons. The van der Waals surface area contributed by atoms with Crippen LogP contribution in [-0.2, 0) is 77.5 Å². The molecular formula is C58H66N4O11P2S2. The van der Waals surface area contributed by atoms with Gasteiger partial charge in [0.2, 0.25) is 0 Å². The Bertz CT molecular complexity index is 3330. The second-order valence-corrected chi connectivity index (χ2v) is 23.2. The summed E-state index contributed by atoms with van der Waals surface area (Å²) in [6.45, 7) is 11.4. The Balaban J connectivity index is 0.000000267. The standard InChI is InChI=1S/C27H27N2O6PS.C27H27N2O5PS.2C2H6/c1-21-25(30)28-27(31)29(26(21)37(33)24-15-9-4-10-16-24)17-18-36(32,34-19-22-11-5-2-6-12-22)35-20-23-13-7-3-8-14-23;1-21-25(30)28-27(31)29(26(21)36-24-15-9-4-10-16-24)17-18-35(32,33-19-22-11-5-2-6-12-22)34-20-23-13-7-3-8-14-23;2*1-2/h2-16H,17-20H2,1H3,(H,28,30,31);2-16H,17-20H2,1H3,(H,28,30,31);2*1-2H3. The number of benzene rings is 6. The molecular weight excluding hydrogens is 1050 g/mol. The van der Waals surface area contributed by atoms with E-state index in [0.717, 1.165) is 27.1 Å². The van der Waals surface area contributed by atoms with E-state index in [4.69, 9.17) is 18.1 Å². The first-order valence-electron chi connectivity index (χ1n) is 25.1. The van der Waals surface area contributed by atoms with Crippen molar-refractivity contribution >= 4 is 37.8 Å². The summed E-state index contributed by atoms with van der Waals surface area (Å²) in [6, 6.07) is 55.4. The van der Waals surface area contributed by atoms with E-state index in [2.05, 4.69) is 9.97 Å². The molecule has 0 spiro atoms. The molecule has 8 rings (SSSR count). The summed E-state index contributed by atoms with van der Waals surface area (Å²) in [4.78, 5) is 56.2. The SMILES string of the molecule is CC.CC.Cc1c(S(=O)c2ccccc2)n(CCP(=O)(OCc2ccccc2)OCc2ccccc2)c(=O)[nH]c1=O.Cc1c(Sc2ccccc2)n(CCP(=O)(OCc2ccccc2)OCc2ccccc2)c(=O)[nH]c1=O. The Morgan fingerprint density at radius 2 is 0.766 bits per heavy atom. The van der Waals surface area contributed by atoms with Crippen LogP contribution in [0.4, 0.5) is 0 Å². The summed E-state index contributed by atoms with van der Waals surface area (Å²) in [6.07, 6.45) is -0.211. The average molecular weight is 1120 g/mol. The zero-order valence-electron chi connectivity index (χ0n) is 44.1. The van der Waals surface area contributed by atoms with Crippen molar-refractivity contribution in [1.29, 1.82) is 0 Å². The van der Waals surface area contributed by atoms with Gasteiger partial charge in [-0.3, -0.25) is 37.8 Å². The van der Waals surface area contributed by atoms with Gasteiger partial charge in [-0.15, -0.1) is 0 Å². The molecule has 0 saturated carbocycles. The van der Waals surface area contributed by atoms with Crippen molar-refractivity contribution in [1.82, 2.24) is 19.1 Å². The number of H-pyrrole nitrogens is 2. The largest absolute Gasteiger partial charge is 0.333 e. The molecule has 15 nitrogen and oxygen atoms in total. The smallest absolute Gasteiger partial charge is 0.304 e. The molecule has 19 heteroatoms. The molecule has 0 amide bonds. The number of nitrogens with one attached hydrogen (secondary N) is 2. The van der Waals surface area contributed by atoms with Gasteiger partial charge in [0.15, 0.2) is 0 Å². The number of nitrogens with zero attached hydrogens (tertiary/aromatic N) is 2. The van der Waals surface area contributed by atoms with E-state index in [9.17, 15) is 32.5 Å². The molecule has 2 aromatic heterocycles. The molecule has 0 aliphatic heterocycles. The molecule has 0 saturated heterocycles. The minimum Gasteiger partial charge on any atom is -0.304 e. The lowest BCUT2D eigenvalue weighted by Gasteiger charge is -2.21. The number of hydrogen-bond donors (Lipinski definition) is 2. The fourth-order valence-electron chi connectivity index (χ4n) is 7.10. The second kappa shape index (κ2) is 31.6. The lowest BCUT2D eigenvalue weighted by atomic mass is 10.2. The molecule has 2 N–H and O–H groups in total. The fourth-order valence-corrected chi connectivity index (χ4v) is 12.5. The van der Waals surface area contributed by atoms with Crippen molar-refractivity contribution in [2.75, 3.05) is 12.3 Å². The Morgan fingerprint density at radius 1 is 0.455 bits per heavy atom. The normalized spacial score (nSPS) is 11.5. The molecule has 0 fully saturated rings. The molecule has 77 heavy (non-hydrogen) atoms. The van der Waals surface area contributed by atoms with Crippen LogP contribution in [0.3, 0.4) is 0 Å². The lowest BCUT2D eigenvalue weighted by Crippen LogP contribution is -2.35. The third-order valence-electron chi connectivity index (χ3n) is 11.1. The van der Waals surface area contributed by atoms with Crippen LogP contribution in [0.1, 0.15) is 61.1 Å². The van der Waals surface area contributed by atoms with Crippen LogP contribution in [0.15, 0.2) is 221 Å². The summed E-state index contributed by atoms with van der Waals surface area (Å²) < 4.78 is 67.0. The van der Waals surface area contributed by atoms with Crippen LogP contribution >= 0.6 is 27.0 Å². The first-order chi connectivity index (χ1) is 37.3. The van der Waals surface area contributed by atoms with Crippen molar-refractivity contribution in [2.24, 2.45) is 0 Å². The van der Waals surface area contributed by atoms with Crippen LogP contribution < -0.4 is 22.5 Å². The van der Waals surface area contributed by atoms with Gasteiger partial charge in [-0.05, 0) is 60.4 Å². The highest BCUT2D eigenvalue weighted by atomic mass is 32.2. The summed E-state index contributed by atoms with van der Waals surface area (Å²) in [5.74, 6) is 0. The molecule has 6 aromatic carbocycles. The quantitative estimate of drug-likeness (QED) is 0.0482. The third-order valence-corrected chi connectivity index (χ3v) is 17.5. The van der Waals surface area contributed by atoms with E-state index in [0.29, 0.717) is 15.5 Å². The van der Waals surface area contributed by atoms with Crippen LogP contribution in [-0.4, -0.2) is 35.6 Å². The predicted molar refractivity (Wildman–Crippen MR) is 306 cm³/mol. The second-order valence-electron chi connectivity index (χ2n) is 16.4. The van der Waals surface area contributed by atoms with Crippen molar-refractivity contribution in [2.45, 2.75) is 101 Å². The Kier molecular flexibility index (Phi) is 25.2. The summed E-state index contributed by atoms with van der Waals surface area (Å²) >= 11 is 1.31. The van der Waals surface area contributed by atoms with Gasteiger partial charge < -0.3 is 18.1 Å². The highest BCUT2D eigenvalue weighted by Gasteiger charge is 2.29. The topological polar surface area (TPSA) is 198 Å². The third kappa shape index (κ3) is 18.9. The first-order valence-corrected chi connectivity index (χ1v) is 30.5. The van der Waals surface area contributed by atoms with Gasteiger partial charge in [0.05, 0.1) is 43.8 Å². The highest BCUT2D eigenvalue weighted by molar-refractivity contribution is 7.99. The Hall–Kier alpha value is -6.52. The predicted octanol–water partition coefficient (Wildman–Crippen LogP) is 12.3. The lowest BCUT2D eigenvalue weighted by molar-refractivity contribution is 0.189. The molecule has 8 aromatic rings. The number of hydrogen-bond acceptors (Lipinski definition) is 12. The van der Waals surface area contributed by atoms with Gasteiger partial charge in [-0.25, -0.2) is 13.8 Å². The van der Waals surface area contributed by atoms with Gasteiger partial charge >= 0.3 is 26.6 Å². The van der Waals surface area contributed by atoms with Crippen LogP contribution in [0.2, 0.25) is 0 Å². The molecule has 1 unspecified atom stereocenters. The monoisotopic (exact) mass is 1120 g/mol. The van der Waals surface area contributed by atoms with E-state index in [1.807, 2.05) is 179 Å². The maximum atomic E-state index is 13.8. The van der Waals surface area contributed by atoms with Crippen LogP contribution in [0.25, 0.3) is 0 Å². The summed E-state index contributed by atoms with van der Waals surface area (Å²) in [5.41, 5.74) is 1.53. The van der Waals surface area contributed by atoms with E-state index in [-0.39, 0.29) is 62.4 Å². The average Bonchev–Trinajstić information content (AvgIpc) is 3.47. The maximum Gasteiger partial charge on any atom is 0.333 e. The van der Waals surface area contributed by atoms with Gasteiger partial charge in [0, 0.05) is 34.0 Å². The van der Waals surface area contributed by atoms with Gasteiger partial charge in [0.1, 0.15) is 15.8 Å².